The van der Waals surface area contributed by atoms with E-state index in [1.54, 1.807) is 5.19 Å². The van der Waals surface area contributed by atoms with Gasteiger partial charge in [0, 0.05) is 17.0 Å². The normalized spacial score (nSPS) is 22.6. The van der Waals surface area contributed by atoms with Crippen LogP contribution in [-0.4, -0.2) is 14.5 Å². The molecule has 1 aliphatic rings. The second kappa shape index (κ2) is 4.04. The molecule has 0 saturated carbocycles. The first kappa shape index (κ1) is 10.6. The lowest BCUT2D eigenvalue weighted by Gasteiger charge is -2.26. The number of hydrogen-bond acceptors (Lipinski definition) is 1. The van der Waals surface area contributed by atoms with E-state index in [1.807, 2.05) is 0 Å². The van der Waals surface area contributed by atoms with E-state index in [4.69, 9.17) is 0 Å². The van der Waals surface area contributed by atoms with Crippen LogP contribution in [0.5, 0.6) is 0 Å². The molecule has 0 aliphatic carbocycles. The van der Waals surface area contributed by atoms with Crippen LogP contribution in [0, 0.1) is 0 Å². The average molecular weight is 239 g/mol. The molecule has 1 nitrogen and oxygen atoms in total. The molecule has 2 heteroatoms. The van der Waals surface area contributed by atoms with Gasteiger partial charge < -0.3 is 4.90 Å². The molecule has 2 unspecified atom stereocenters. The predicted molar refractivity (Wildman–Crippen MR) is 77.1 cm³/mol. The summed E-state index contributed by atoms with van der Waals surface area (Å²) in [5.74, 6) is 0. The first-order chi connectivity index (χ1) is 8.29. The van der Waals surface area contributed by atoms with Crippen molar-refractivity contribution in [3.8, 4) is 0 Å². The molecular formula is C15H17NSi. The summed E-state index contributed by atoms with van der Waals surface area (Å²) < 4.78 is 0. The second-order valence-electron chi connectivity index (χ2n) is 4.79. The molecule has 1 heterocycles. The van der Waals surface area contributed by atoms with Crippen LogP contribution in [0.4, 0.5) is 11.4 Å². The average Bonchev–Trinajstić information content (AvgIpc) is 2.64. The minimum atomic E-state index is -0.843. The molecule has 0 fully saturated rings. The van der Waals surface area contributed by atoms with E-state index in [1.165, 1.54) is 11.4 Å². The Morgan fingerprint density at radius 3 is 2.35 bits per heavy atom. The maximum Gasteiger partial charge on any atom is 0.0960 e. The van der Waals surface area contributed by atoms with Gasteiger partial charge >= 0.3 is 0 Å². The van der Waals surface area contributed by atoms with Crippen molar-refractivity contribution in [1.29, 1.82) is 0 Å². The lowest BCUT2D eigenvalue weighted by atomic mass is 10.2. The molecule has 0 radical (unpaired) electrons. The Bertz CT molecular complexity index is 523. The molecule has 2 aromatic rings. The summed E-state index contributed by atoms with van der Waals surface area (Å²) in [5.41, 5.74) is 3.41. The molecule has 1 aliphatic heterocycles. The van der Waals surface area contributed by atoms with E-state index in [2.05, 4.69) is 73.0 Å². The minimum Gasteiger partial charge on any atom is -0.342 e. The van der Waals surface area contributed by atoms with E-state index in [0.717, 1.165) is 0 Å². The van der Waals surface area contributed by atoms with Crippen molar-refractivity contribution in [3.05, 3.63) is 54.6 Å². The second-order valence-corrected chi connectivity index (χ2v) is 7.96. The number of fused-ring (bicyclic) bond motifs is 1. The lowest BCUT2D eigenvalue weighted by Crippen LogP contribution is -2.36. The summed E-state index contributed by atoms with van der Waals surface area (Å²) in [6.45, 7) is 4.82. The Kier molecular flexibility index (Phi) is 2.52. The Morgan fingerprint density at radius 2 is 1.59 bits per heavy atom. The smallest absolute Gasteiger partial charge is 0.0960 e. The highest BCUT2D eigenvalue weighted by molar-refractivity contribution is 6.77. The fraction of sp³-hybridized carbons (Fsp3) is 0.200. The van der Waals surface area contributed by atoms with Gasteiger partial charge in [-0.25, -0.2) is 0 Å². The zero-order valence-corrected chi connectivity index (χ0v) is 11.5. The third-order valence-corrected chi connectivity index (χ3v) is 7.07. The van der Waals surface area contributed by atoms with E-state index < -0.39 is 8.80 Å². The maximum absolute atomic E-state index is 2.51. The quantitative estimate of drug-likeness (QED) is 0.692. The van der Waals surface area contributed by atoms with Crippen molar-refractivity contribution in [2.75, 3.05) is 4.90 Å². The fourth-order valence-electron chi connectivity index (χ4n) is 2.76. The van der Waals surface area contributed by atoms with E-state index in [-0.39, 0.29) is 0 Å². The Labute approximate surface area is 104 Å². The molecule has 0 aromatic heterocycles. The third kappa shape index (κ3) is 1.60. The summed E-state index contributed by atoms with van der Waals surface area (Å²) in [6, 6.07) is 19.6. The number of nitrogens with zero attached hydrogens (tertiary/aromatic N) is 1. The summed E-state index contributed by atoms with van der Waals surface area (Å²) in [4.78, 5) is 2.51. The summed E-state index contributed by atoms with van der Waals surface area (Å²) in [7, 11) is -0.843. The Morgan fingerprint density at radius 1 is 0.941 bits per heavy atom. The van der Waals surface area contributed by atoms with Crippen molar-refractivity contribution in [2.24, 2.45) is 0 Å². The molecule has 0 spiro atoms. The van der Waals surface area contributed by atoms with Crippen molar-refractivity contribution in [3.63, 3.8) is 0 Å². The van der Waals surface area contributed by atoms with Crippen molar-refractivity contribution >= 4 is 25.4 Å². The van der Waals surface area contributed by atoms with Gasteiger partial charge in [-0.3, -0.25) is 0 Å². The molecule has 17 heavy (non-hydrogen) atoms. The highest BCUT2D eigenvalue weighted by Gasteiger charge is 2.33. The number of anilines is 2. The van der Waals surface area contributed by atoms with Gasteiger partial charge in [0.25, 0.3) is 0 Å². The highest BCUT2D eigenvalue weighted by Crippen LogP contribution is 2.32. The molecule has 86 valence electrons. The van der Waals surface area contributed by atoms with Gasteiger partial charge in [0.15, 0.2) is 0 Å². The van der Waals surface area contributed by atoms with E-state index >= 15 is 0 Å². The lowest BCUT2D eigenvalue weighted by molar-refractivity contribution is 0.949. The number of hydrogen-bond donors (Lipinski definition) is 0. The summed E-state index contributed by atoms with van der Waals surface area (Å²) in [5, 5.41) is 1.60. The maximum atomic E-state index is 2.51. The number of benzene rings is 2. The van der Waals surface area contributed by atoms with Crippen LogP contribution in [-0.2, 0) is 0 Å². The molecule has 3 rings (SSSR count). The topological polar surface area (TPSA) is 3.24 Å². The van der Waals surface area contributed by atoms with Crippen LogP contribution in [0.2, 0.25) is 6.55 Å². The zero-order valence-electron chi connectivity index (χ0n) is 10.3. The molecule has 0 bridgehead atoms. The van der Waals surface area contributed by atoms with Crippen LogP contribution in [0.1, 0.15) is 6.92 Å². The largest absolute Gasteiger partial charge is 0.342 e. The Hall–Kier alpha value is -1.54. The monoisotopic (exact) mass is 239 g/mol. The minimum absolute atomic E-state index is 0.662. The van der Waals surface area contributed by atoms with Crippen LogP contribution < -0.4 is 10.1 Å². The molecular weight excluding hydrogens is 222 g/mol. The van der Waals surface area contributed by atoms with Crippen molar-refractivity contribution < 1.29 is 0 Å². The van der Waals surface area contributed by atoms with Gasteiger partial charge in [0.1, 0.15) is 0 Å². The Balaban J connectivity index is 2.13. The fourth-order valence-corrected chi connectivity index (χ4v) is 5.17. The summed E-state index contributed by atoms with van der Waals surface area (Å²) >= 11 is 0. The SMILES string of the molecule is CC1N(c2ccccc2)c2ccccc2[SiH]1C. The summed E-state index contributed by atoms with van der Waals surface area (Å²) in [6.07, 6.45) is 0. The zero-order chi connectivity index (χ0) is 11.8. The molecule has 0 amide bonds. The molecule has 2 aromatic carbocycles. The molecule has 0 N–H and O–H groups in total. The van der Waals surface area contributed by atoms with Gasteiger partial charge in [-0.1, -0.05) is 42.9 Å². The number of rotatable bonds is 1. The predicted octanol–water partition coefficient (Wildman–Crippen LogP) is 2.83. The molecule has 2 atom stereocenters. The van der Waals surface area contributed by atoms with Gasteiger partial charge in [-0.05, 0) is 30.3 Å². The van der Waals surface area contributed by atoms with Crippen LogP contribution >= 0.6 is 0 Å². The van der Waals surface area contributed by atoms with E-state index in [0.29, 0.717) is 5.67 Å². The van der Waals surface area contributed by atoms with Gasteiger partial charge in [0.2, 0.25) is 0 Å². The molecule has 0 saturated heterocycles. The van der Waals surface area contributed by atoms with E-state index in [9.17, 15) is 0 Å². The standard InChI is InChI=1S/C15H17NSi/c1-12-16(13-8-4-3-5-9-13)14-10-6-7-11-15(14)17(12)2/h3-12,17H,1-2H3. The van der Waals surface area contributed by atoms with Crippen LogP contribution in [0.25, 0.3) is 0 Å². The number of para-hydroxylation sites is 2. The highest BCUT2D eigenvalue weighted by atomic mass is 28.3. The van der Waals surface area contributed by atoms with Crippen LogP contribution in [0.3, 0.4) is 0 Å². The van der Waals surface area contributed by atoms with Crippen molar-refractivity contribution in [1.82, 2.24) is 0 Å². The van der Waals surface area contributed by atoms with Crippen LogP contribution in [0.15, 0.2) is 54.6 Å². The first-order valence-electron chi connectivity index (χ1n) is 6.22. The van der Waals surface area contributed by atoms with Gasteiger partial charge in [-0.15, -0.1) is 0 Å². The van der Waals surface area contributed by atoms with Gasteiger partial charge in [-0.2, -0.15) is 0 Å². The first-order valence-corrected chi connectivity index (χ1v) is 8.62. The van der Waals surface area contributed by atoms with Gasteiger partial charge in [0.05, 0.1) is 8.80 Å². The van der Waals surface area contributed by atoms with Crippen molar-refractivity contribution in [2.45, 2.75) is 19.1 Å². The third-order valence-electron chi connectivity index (χ3n) is 3.85.